The lowest BCUT2D eigenvalue weighted by atomic mass is 10.2. The van der Waals surface area contributed by atoms with Crippen molar-refractivity contribution in [3.05, 3.63) is 40.1 Å². The van der Waals surface area contributed by atoms with Crippen molar-refractivity contribution in [2.75, 3.05) is 6.54 Å². The van der Waals surface area contributed by atoms with E-state index >= 15 is 0 Å². The maximum absolute atomic E-state index is 13.7. The van der Waals surface area contributed by atoms with Crippen molar-refractivity contribution in [1.29, 1.82) is 0 Å². The summed E-state index contributed by atoms with van der Waals surface area (Å²) in [7, 11) is 0. The third-order valence-corrected chi connectivity index (χ3v) is 3.27. The van der Waals surface area contributed by atoms with Gasteiger partial charge in [-0.25, -0.2) is 13.5 Å². The molecule has 0 spiro atoms. The monoisotopic (exact) mass is 330 g/mol. The van der Waals surface area contributed by atoms with Crippen LogP contribution in [-0.4, -0.2) is 21.5 Å². The van der Waals surface area contributed by atoms with E-state index in [0.29, 0.717) is 6.54 Å². The van der Waals surface area contributed by atoms with Gasteiger partial charge in [-0.2, -0.15) is 0 Å². The van der Waals surface area contributed by atoms with Gasteiger partial charge < -0.3 is 5.73 Å². The molecule has 0 aliphatic carbocycles. The Morgan fingerprint density at radius 1 is 1.21 bits per heavy atom. The van der Waals surface area contributed by atoms with Crippen LogP contribution in [0.3, 0.4) is 0 Å². The van der Waals surface area contributed by atoms with Crippen LogP contribution in [0.25, 0.3) is 5.69 Å². The topological polar surface area (TPSA) is 56.7 Å². The molecule has 2 N–H and O–H groups in total. The fourth-order valence-electron chi connectivity index (χ4n) is 1.67. The van der Waals surface area contributed by atoms with Crippen LogP contribution in [0, 0.1) is 11.6 Å². The van der Waals surface area contributed by atoms with E-state index in [1.54, 1.807) is 6.20 Å². The first-order valence-electron chi connectivity index (χ1n) is 5.88. The molecule has 0 bridgehead atoms. The number of unbranched alkanes of at least 4 members (excludes halogenated alkanes) is 1. The molecule has 0 aliphatic rings. The van der Waals surface area contributed by atoms with Crippen LogP contribution in [0.4, 0.5) is 8.78 Å². The molecule has 0 saturated heterocycles. The molecule has 4 nitrogen and oxygen atoms in total. The molecular weight excluding hydrogens is 318 g/mol. The van der Waals surface area contributed by atoms with Crippen molar-refractivity contribution in [3.8, 4) is 5.69 Å². The summed E-state index contributed by atoms with van der Waals surface area (Å²) in [5.41, 5.74) is 6.32. The number of nitrogens with two attached hydrogens (primary N) is 1. The molecule has 7 heteroatoms. The van der Waals surface area contributed by atoms with Crippen molar-refractivity contribution in [2.24, 2.45) is 5.73 Å². The minimum Gasteiger partial charge on any atom is -0.330 e. The molecule has 1 aromatic heterocycles. The Kier molecular flexibility index (Phi) is 4.60. The maximum atomic E-state index is 13.7. The molecule has 0 saturated carbocycles. The highest BCUT2D eigenvalue weighted by molar-refractivity contribution is 9.10. The van der Waals surface area contributed by atoms with E-state index < -0.39 is 11.6 Å². The Morgan fingerprint density at radius 2 is 2.00 bits per heavy atom. The fraction of sp³-hybridized carbons (Fsp3) is 0.333. The van der Waals surface area contributed by atoms with Gasteiger partial charge in [0.05, 0.1) is 16.4 Å². The summed E-state index contributed by atoms with van der Waals surface area (Å²) in [5.74, 6) is -1.33. The predicted octanol–water partition coefficient (Wildman–Crippen LogP) is 2.59. The largest absolute Gasteiger partial charge is 0.330 e. The normalized spacial score (nSPS) is 10.9. The smallest absolute Gasteiger partial charge is 0.151 e. The van der Waals surface area contributed by atoms with E-state index in [9.17, 15) is 8.78 Å². The molecular formula is C12H13BrF2N4. The number of rotatable bonds is 5. The van der Waals surface area contributed by atoms with E-state index in [1.165, 1.54) is 10.7 Å². The Hall–Kier alpha value is -1.34. The summed E-state index contributed by atoms with van der Waals surface area (Å²) in [5, 5.41) is 7.80. The lowest BCUT2D eigenvalue weighted by Gasteiger charge is -2.03. The molecule has 19 heavy (non-hydrogen) atoms. The van der Waals surface area contributed by atoms with E-state index in [-0.39, 0.29) is 10.2 Å². The first kappa shape index (κ1) is 14.1. The fourth-order valence-corrected chi connectivity index (χ4v) is 2.00. The predicted molar refractivity (Wildman–Crippen MR) is 71.0 cm³/mol. The lowest BCUT2D eigenvalue weighted by Crippen LogP contribution is -2.00. The van der Waals surface area contributed by atoms with Crippen molar-refractivity contribution in [3.63, 3.8) is 0 Å². The zero-order valence-electron chi connectivity index (χ0n) is 10.1. The van der Waals surface area contributed by atoms with E-state index in [2.05, 4.69) is 26.2 Å². The second-order valence-electron chi connectivity index (χ2n) is 4.12. The highest BCUT2D eigenvalue weighted by Gasteiger charge is 2.11. The van der Waals surface area contributed by atoms with Crippen LogP contribution in [0.2, 0.25) is 0 Å². The Bertz CT molecular complexity index is 571. The van der Waals surface area contributed by atoms with Crippen LogP contribution < -0.4 is 5.73 Å². The molecule has 0 radical (unpaired) electrons. The van der Waals surface area contributed by atoms with Gasteiger partial charge in [-0.1, -0.05) is 5.21 Å². The second-order valence-corrected chi connectivity index (χ2v) is 4.97. The SMILES string of the molecule is NCCCCc1cn(-c2cc(Br)c(F)cc2F)nn1. The van der Waals surface area contributed by atoms with Crippen LogP contribution in [-0.2, 0) is 6.42 Å². The van der Waals surface area contributed by atoms with Gasteiger partial charge in [0.25, 0.3) is 0 Å². The van der Waals surface area contributed by atoms with E-state index in [4.69, 9.17) is 5.73 Å². The summed E-state index contributed by atoms with van der Waals surface area (Å²) in [4.78, 5) is 0. The number of halogens is 3. The third-order valence-electron chi connectivity index (χ3n) is 2.66. The molecule has 0 unspecified atom stereocenters. The first-order valence-corrected chi connectivity index (χ1v) is 6.67. The van der Waals surface area contributed by atoms with Gasteiger partial charge >= 0.3 is 0 Å². The number of benzene rings is 1. The van der Waals surface area contributed by atoms with Crippen molar-refractivity contribution in [2.45, 2.75) is 19.3 Å². The van der Waals surface area contributed by atoms with Gasteiger partial charge in [-0.3, -0.25) is 0 Å². The number of hydrogen-bond donors (Lipinski definition) is 1. The Balaban J connectivity index is 2.20. The van der Waals surface area contributed by atoms with Gasteiger partial charge in [0.1, 0.15) is 11.5 Å². The number of aromatic nitrogens is 3. The highest BCUT2D eigenvalue weighted by Crippen LogP contribution is 2.22. The zero-order chi connectivity index (χ0) is 13.8. The van der Waals surface area contributed by atoms with Crippen LogP contribution >= 0.6 is 15.9 Å². The molecule has 1 aromatic carbocycles. The second kappa shape index (κ2) is 6.21. The van der Waals surface area contributed by atoms with E-state index in [1.807, 2.05) is 0 Å². The summed E-state index contributed by atoms with van der Waals surface area (Å²) >= 11 is 3.02. The molecule has 0 aliphatic heterocycles. The zero-order valence-corrected chi connectivity index (χ0v) is 11.7. The molecule has 102 valence electrons. The van der Waals surface area contributed by atoms with Gasteiger partial charge in [0.15, 0.2) is 5.82 Å². The number of hydrogen-bond acceptors (Lipinski definition) is 3. The average Bonchev–Trinajstić information content (AvgIpc) is 2.83. The van der Waals surface area contributed by atoms with Gasteiger partial charge in [-0.05, 0) is 47.8 Å². The number of aryl methyl sites for hydroxylation is 1. The molecule has 2 rings (SSSR count). The van der Waals surface area contributed by atoms with Crippen molar-refractivity contribution < 1.29 is 8.78 Å². The molecule has 0 amide bonds. The molecule has 2 aromatic rings. The highest BCUT2D eigenvalue weighted by atomic mass is 79.9. The third kappa shape index (κ3) is 3.36. The van der Waals surface area contributed by atoms with Crippen LogP contribution in [0.15, 0.2) is 22.8 Å². The van der Waals surface area contributed by atoms with Gasteiger partial charge in [0.2, 0.25) is 0 Å². The lowest BCUT2D eigenvalue weighted by molar-refractivity contribution is 0.568. The molecule has 1 heterocycles. The van der Waals surface area contributed by atoms with Gasteiger partial charge in [-0.15, -0.1) is 5.10 Å². The Labute approximate surface area is 117 Å². The number of nitrogens with zero attached hydrogens (tertiary/aromatic N) is 3. The first-order chi connectivity index (χ1) is 9.11. The summed E-state index contributed by atoms with van der Waals surface area (Å²) in [6.07, 6.45) is 4.19. The minimum absolute atomic E-state index is 0.158. The van der Waals surface area contributed by atoms with Crippen LogP contribution in [0.1, 0.15) is 18.5 Å². The minimum atomic E-state index is -0.681. The summed E-state index contributed by atoms with van der Waals surface area (Å²) in [6, 6.07) is 2.15. The average molecular weight is 331 g/mol. The molecule has 0 fully saturated rings. The summed E-state index contributed by atoms with van der Waals surface area (Å²) in [6.45, 7) is 0.633. The van der Waals surface area contributed by atoms with Crippen LogP contribution in [0.5, 0.6) is 0 Å². The van der Waals surface area contributed by atoms with Crippen molar-refractivity contribution in [1.82, 2.24) is 15.0 Å². The Morgan fingerprint density at radius 3 is 2.74 bits per heavy atom. The summed E-state index contributed by atoms with van der Waals surface area (Å²) < 4.78 is 28.3. The maximum Gasteiger partial charge on any atom is 0.151 e. The standard InChI is InChI=1S/C12H13BrF2N4/c13-9-5-12(11(15)6-10(9)14)19-7-8(17-18-19)3-1-2-4-16/h5-7H,1-4,16H2. The van der Waals surface area contributed by atoms with Crippen molar-refractivity contribution >= 4 is 15.9 Å². The van der Waals surface area contributed by atoms with Gasteiger partial charge in [0, 0.05) is 6.07 Å². The molecule has 0 atom stereocenters. The quantitative estimate of drug-likeness (QED) is 0.677. The van der Waals surface area contributed by atoms with E-state index in [0.717, 1.165) is 31.0 Å².